The molecule has 4 aromatic heterocycles. The average molecular weight is 719 g/mol. The Balaban J connectivity index is 1.12. The molecule has 0 unspecified atom stereocenters. The summed E-state index contributed by atoms with van der Waals surface area (Å²) in [5.41, 5.74) is 13.7. The minimum atomic E-state index is 0.554. The van der Waals surface area contributed by atoms with Gasteiger partial charge in [-0.15, -0.1) is 0 Å². The molecule has 0 atom stereocenters. The van der Waals surface area contributed by atoms with E-state index in [1.807, 2.05) is 78.9 Å². The minimum absolute atomic E-state index is 0.554. The van der Waals surface area contributed by atoms with Crippen LogP contribution >= 0.6 is 0 Å². The zero-order valence-corrected chi connectivity index (χ0v) is 29.9. The van der Waals surface area contributed by atoms with Crippen molar-refractivity contribution in [2.24, 2.45) is 0 Å². The maximum absolute atomic E-state index is 6.57. The van der Waals surface area contributed by atoms with Gasteiger partial charge in [-0.3, -0.25) is 0 Å². The van der Waals surface area contributed by atoms with Crippen LogP contribution in [0.5, 0.6) is 0 Å². The van der Waals surface area contributed by atoms with Gasteiger partial charge in [0.1, 0.15) is 33.6 Å². The molecule has 0 aliphatic carbocycles. The minimum Gasteiger partial charge on any atom is -0.452 e. The summed E-state index contributed by atoms with van der Waals surface area (Å²) < 4.78 is 13.1. The Morgan fingerprint density at radius 3 is 1.29 bits per heavy atom. The lowest BCUT2D eigenvalue weighted by Crippen LogP contribution is -1.98. The molecule has 0 spiro atoms. The third-order valence-electron chi connectivity index (χ3n) is 10.4. The van der Waals surface area contributed by atoms with E-state index >= 15 is 0 Å². The molecule has 4 heterocycles. The van der Waals surface area contributed by atoms with Crippen molar-refractivity contribution in [3.05, 3.63) is 182 Å². The zero-order chi connectivity index (χ0) is 37.0. The Morgan fingerprint density at radius 2 is 0.696 bits per heavy atom. The van der Waals surface area contributed by atoms with E-state index in [0.29, 0.717) is 34.2 Å². The largest absolute Gasteiger partial charge is 0.452 e. The quantitative estimate of drug-likeness (QED) is 0.170. The average Bonchev–Trinajstić information content (AvgIpc) is 3.85. The molecular weight excluding hydrogens is 689 g/mol. The fourth-order valence-electron chi connectivity index (χ4n) is 7.59. The van der Waals surface area contributed by atoms with Crippen LogP contribution in [0.4, 0.5) is 0 Å². The number of fused-ring (bicyclic) bond motifs is 6. The van der Waals surface area contributed by atoms with Gasteiger partial charge >= 0.3 is 0 Å². The van der Waals surface area contributed by atoms with Crippen molar-refractivity contribution < 1.29 is 8.83 Å². The van der Waals surface area contributed by atoms with Gasteiger partial charge in [-0.1, -0.05) is 158 Å². The Hall–Kier alpha value is -7.70. The molecule has 6 nitrogen and oxygen atoms in total. The van der Waals surface area contributed by atoms with Gasteiger partial charge < -0.3 is 8.83 Å². The first-order valence-corrected chi connectivity index (χ1v) is 18.6. The van der Waals surface area contributed by atoms with Gasteiger partial charge in [0.25, 0.3) is 0 Å². The highest BCUT2D eigenvalue weighted by Gasteiger charge is 2.24. The number of para-hydroxylation sites is 2. The third kappa shape index (κ3) is 5.35. The molecule has 0 saturated carbocycles. The number of hydrogen-bond donors (Lipinski definition) is 0. The molecule has 6 heteroatoms. The lowest BCUT2D eigenvalue weighted by atomic mass is 10.0. The summed E-state index contributed by atoms with van der Waals surface area (Å²) in [6.45, 7) is 0. The van der Waals surface area contributed by atoms with Crippen LogP contribution in [0.25, 0.3) is 112 Å². The molecule has 262 valence electrons. The maximum Gasteiger partial charge on any atom is 0.180 e. The number of aromatic nitrogens is 4. The molecule has 0 fully saturated rings. The molecule has 0 aliphatic heterocycles. The molecule has 11 aromatic rings. The summed E-state index contributed by atoms with van der Waals surface area (Å²) in [4.78, 5) is 20.9. The van der Waals surface area contributed by atoms with E-state index in [2.05, 4.69) is 103 Å². The van der Waals surface area contributed by atoms with Crippen molar-refractivity contribution >= 4 is 44.1 Å². The molecule has 0 bridgehead atoms. The summed E-state index contributed by atoms with van der Waals surface area (Å²) in [7, 11) is 0. The highest BCUT2D eigenvalue weighted by molar-refractivity contribution is 6.09. The lowest BCUT2D eigenvalue weighted by molar-refractivity contribution is 0.666. The fourth-order valence-corrected chi connectivity index (χ4v) is 7.59. The van der Waals surface area contributed by atoms with E-state index < -0.39 is 0 Å². The number of hydrogen-bond acceptors (Lipinski definition) is 6. The standard InChI is InChI=1S/C50H30N4O2/c1-3-13-31(14-4-1)33-23-27-35(28-24-33)43-47-45(39-19-9-11-21-41(39)55-47)54-50(51-43)38-18-8-7-17-37(38)44-48-46(40-20-10-12-22-42(40)56-48)53-49(52-44)36-29-25-34(26-30-36)32-15-5-2-6-16-32/h1-30H. The summed E-state index contributed by atoms with van der Waals surface area (Å²) in [6.07, 6.45) is 0. The van der Waals surface area contributed by atoms with Crippen LogP contribution in [0, 0.1) is 0 Å². The highest BCUT2D eigenvalue weighted by atomic mass is 16.3. The van der Waals surface area contributed by atoms with Gasteiger partial charge in [0.05, 0.1) is 0 Å². The molecular formula is C50H30N4O2. The van der Waals surface area contributed by atoms with Crippen molar-refractivity contribution in [3.63, 3.8) is 0 Å². The van der Waals surface area contributed by atoms with Crippen LogP contribution < -0.4 is 0 Å². The van der Waals surface area contributed by atoms with Gasteiger partial charge in [-0.05, 0) is 46.5 Å². The van der Waals surface area contributed by atoms with Crippen molar-refractivity contribution in [2.45, 2.75) is 0 Å². The van der Waals surface area contributed by atoms with E-state index in [1.165, 1.54) is 0 Å². The Labute approximate surface area is 321 Å². The summed E-state index contributed by atoms with van der Waals surface area (Å²) in [5.74, 6) is 1.16. The molecule has 0 radical (unpaired) electrons. The summed E-state index contributed by atoms with van der Waals surface area (Å²) in [6, 6.07) is 61.7. The predicted octanol–water partition coefficient (Wildman–Crippen LogP) is 13.1. The van der Waals surface area contributed by atoms with Crippen LogP contribution in [-0.4, -0.2) is 19.9 Å². The maximum atomic E-state index is 6.57. The number of furan rings is 2. The molecule has 11 rings (SSSR count). The first-order valence-electron chi connectivity index (χ1n) is 18.6. The SMILES string of the molecule is c1ccc(-c2ccc(-c3nc(-c4ccccc4-c4nc(-c5ccc(-c6ccccc6)cc5)c5oc6ccccc6c5n4)c4oc5ccccc5c4n3)cc2)cc1. The Kier molecular flexibility index (Phi) is 7.38. The molecule has 0 saturated heterocycles. The van der Waals surface area contributed by atoms with Gasteiger partial charge in [0.2, 0.25) is 0 Å². The fraction of sp³-hybridized carbons (Fsp3) is 0. The van der Waals surface area contributed by atoms with Crippen LogP contribution in [0.3, 0.4) is 0 Å². The van der Waals surface area contributed by atoms with Crippen LogP contribution in [-0.2, 0) is 0 Å². The van der Waals surface area contributed by atoms with E-state index in [-0.39, 0.29) is 0 Å². The molecule has 56 heavy (non-hydrogen) atoms. The first-order chi connectivity index (χ1) is 27.7. The topological polar surface area (TPSA) is 77.8 Å². The summed E-state index contributed by atoms with van der Waals surface area (Å²) in [5, 5.41) is 1.85. The number of nitrogens with zero attached hydrogens (tertiary/aromatic N) is 4. The van der Waals surface area contributed by atoms with Gasteiger partial charge in [-0.2, -0.15) is 0 Å². The monoisotopic (exact) mass is 718 g/mol. The Bertz CT molecular complexity index is 3220. The smallest absolute Gasteiger partial charge is 0.180 e. The second-order valence-corrected chi connectivity index (χ2v) is 13.8. The van der Waals surface area contributed by atoms with Crippen molar-refractivity contribution in [1.82, 2.24) is 19.9 Å². The second kappa shape index (κ2) is 13.0. The normalized spacial score (nSPS) is 11.6. The van der Waals surface area contributed by atoms with Crippen molar-refractivity contribution in [3.8, 4) is 67.5 Å². The highest BCUT2D eigenvalue weighted by Crippen LogP contribution is 2.41. The molecule has 0 amide bonds. The van der Waals surface area contributed by atoms with Crippen LogP contribution in [0.1, 0.15) is 0 Å². The van der Waals surface area contributed by atoms with Crippen LogP contribution in [0.15, 0.2) is 191 Å². The second-order valence-electron chi connectivity index (χ2n) is 13.8. The predicted molar refractivity (Wildman–Crippen MR) is 225 cm³/mol. The molecule has 7 aromatic carbocycles. The van der Waals surface area contributed by atoms with E-state index in [9.17, 15) is 0 Å². The lowest BCUT2D eigenvalue weighted by Gasteiger charge is -2.12. The van der Waals surface area contributed by atoms with Gasteiger partial charge in [-0.25, -0.2) is 19.9 Å². The van der Waals surface area contributed by atoms with Crippen molar-refractivity contribution in [1.29, 1.82) is 0 Å². The molecule has 0 aliphatic rings. The van der Waals surface area contributed by atoms with Crippen LogP contribution in [0.2, 0.25) is 0 Å². The Morgan fingerprint density at radius 1 is 0.286 bits per heavy atom. The zero-order valence-electron chi connectivity index (χ0n) is 29.9. The van der Waals surface area contributed by atoms with Gasteiger partial charge in [0.15, 0.2) is 22.8 Å². The first kappa shape index (κ1) is 31.8. The summed E-state index contributed by atoms with van der Waals surface area (Å²) >= 11 is 0. The van der Waals surface area contributed by atoms with Crippen molar-refractivity contribution in [2.75, 3.05) is 0 Å². The van der Waals surface area contributed by atoms with Gasteiger partial charge in [0, 0.05) is 33.0 Å². The van der Waals surface area contributed by atoms with E-state index in [0.717, 1.165) is 77.5 Å². The number of benzene rings is 7. The number of rotatable bonds is 6. The van der Waals surface area contributed by atoms with E-state index in [1.54, 1.807) is 0 Å². The third-order valence-corrected chi connectivity index (χ3v) is 10.4. The molecule has 0 N–H and O–H groups in total. The van der Waals surface area contributed by atoms with E-state index in [4.69, 9.17) is 28.8 Å².